The van der Waals surface area contributed by atoms with Crippen LogP contribution in [-0.4, -0.2) is 10.9 Å². The summed E-state index contributed by atoms with van der Waals surface area (Å²) in [5.74, 6) is -0.142. The minimum atomic E-state index is -0.153. The van der Waals surface area contributed by atoms with E-state index in [-0.39, 0.29) is 11.5 Å². The number of rotatable bonds is 3. The largest absolute Gasteiger partial charge is 0.507 e. The van der Waals surface area contributed by atoms with Crippen molar-refractivity contribution in [2.24, 2.45) is 0 Å². The van der Waals surface area contributed by atoms with Crippen LogP contribution in [0.25, 0.3) is 65.3 Å². The standard InChI is InChI=1S/C36H24O2/c1-22(37)31-19-24(17-18-36(31)38)32-20-34-30-15-7-6-14-29(30)33(21-35(34)28-13-5-4-12-27(28)32)26-16-8-10-23-9-2-3-11-25(23)26/h2-21,38H,1H3. The summed E-state index contributed by atoms with van der Waals surface area (Å²) >= 11 is 0. The zero-order valence-electron chi connectivity index (χ0n) is 20.9. The van der Waals surface area contributed by atoms with Crippen molar-refractivity contribution in [1.29, 1.82) is 0 Å². The molecule has 2 heteroatoms. The number of phenols is 1. The van der Waals surface area contributed by atoms with Crippen LogP contribution in [-0.2, 0) is 0 Å². The first-order valence-electron chi connectivity index (χ1n) is 12.8. The van der Waals surface area contributed by atoms with Crippen molar-refractivity contribution in [3.63, 3.8) is 0 Å². The van der Waals surface area contributed by atoms with E-state index in [2.05, 4.69) is 103 Å². The van der Waals surface area contributed by atoms with Gasteiger partial charge in [-0.1, -0.05) is 97.1 Å². The van der Waals surface area contributed by atoms with Crippen molar-refractivity contribution < 1.29 is 9.90 Å². The quantitative estimate of drug-likeness (QED) is 0.199. The van der Waals surface area contributed by atoms with Crippen LogP contribution in [0.2, 0.25) is 0 Å². The molecule has 0 unspecified atom stereocenters. The average molecular weight is 489 g/mol. The molecule has 38 heavy (non-hydrogen) atoms. The molecule has 0 aromatic heterocycles. The summed E-state index contributed by atoms with van der Waals surface area (Å²) < 4.78 is 0. The summed E-state index contributed by atoms with van der Waals surface area (Å²) in [5.41, 5.74) is 4.72. The zero-order chi connectivity index (χ0) is 25.8. The number of phenolic OH excluding ortho intramolecular Hbond substituents is 1. The van der Waals surface area contributed by atoms with Gasteiger partial charge in [0, 0.05) is 0 Å². The molecular weight excluding hydrogens is 464 g/mol. The lowest BCUT2D eigenvalue weighted by Crippen LogP contribution is -1.94. The fourth-order valence-corrected chi connectivity index (χ4v) is 5.86. The number of aromatic hydroxyl groups is 1. The molecule has 1 N–H and O–H groups in total. The van der Waals surface area contributed by atoms with E-state index < -0.39 is 0 Å². The molecule has 7 rings (SSSR count). The van der Waals surface area contributed by atoms with E-state index in [0.717, 1.165) is 27.3 Å². The lowest BCUT2D eigenvalue weighted by molar-refractivity contribution is 0.101. The third-order valence-corrected chi connectivity index (χ3v) is 7.65. The maximum Gasteiger partial charge on any atom is 0.163 e. The summed E-state index contributed by atoms with van der Waals surface area (Å²) in [4.78, 5) is 12.2. The zero-order valence-corrected chi connectivity index (χ0v) is 20.9. The van der Waals surface area contributed by atoms with Crippen molar-refractivity contribution in [3.8, 4) is 28.0 Å². The number of Topliss-reactive ketones (excluding diaryl/α,β-unsaturated/α-hetero) is 1. The highest BCUT2D eigenvalue weighted by Gasteiger charge is 2.16. The third-order valence-electron chi connectivity index (χ3n) is 7.65. The van der Waals surface area contributed by atoms with Crippen LogP contribution < -0.4 is 0 Å². The molecule has 7 aromatic carbocycles. The fraction of sp³-hybridized carbons (Fsp3) is 0.0278. The van der Waals surface area contributed by atoms with Crippen LogP contribution in [0.5, 0.6) is 5.75 Å². The van der Waals surface area contributed by atoms with E-state index in [4.69, 9.17) is 0 Å². The summed E-state index contributed by atoms with van der Waals surface area (Å²) in [6.07, 6.45) is 0. The van der Waals surface area contributed by atoms with Gasteiger partial charge in [-0.25, -0.2) is 0 Å². The summed E-state index contributed by atoms with van der Waals surface area (Å²) in [6, 6.07) is 42.0. The number of hydrogen-bond acceptors (Lipinski definition) is 2. The van der Waals surface area contributed by atoms with E-state index in [1.165, 1.54) is 45.0 Å². The van der Waals surface area contributed by atoms with Gasteiger partial charge in [0.15, 0.2) is 5.78 Å². The van der Waals surface area contributed by atoms with Gasteiger partial charge < -0.3 is 5.11 Å². The van der Waals surface area contributed by atoms with E-state index in [0.29, 0.717) is 5.56 Å². The lowest BCUT2D eigenvalue weighted by atomic mass is 9.86. The second kappa shape index (κ2) is 8.57. The lowest BCUT2D eigenvalue weighted by Gasteiger charge is -2.17. The molecule has 0 aliphatic rings. The molecule has 0 radical (unpaired) electrons. The SMILES string of the molecule is CC(=O)c1cc(-c2cc3c4ccccc4c(-c4cccc5ccccc45)cc3c3ccccc23)ccc1O. The second-order valence-electron chi connectivity index (χ2n) is 9.85. The maximum absolute atomic E-state index is 12.2. The molecule has 0 bridgehead atoms. The Bertz CT molecular complexity index is 2060. The van der Waals surface area contributed by atoms with Crippen LogP contribution in [0.1, 0.15) is 17.3 Å². The summed E-state index contributed by atoms with van der Waals surface area (Å²) in [6.45, 7) is 1.49. The van der Waals surface area contributed by atoms with Gasteiger partial charge in [-0.15, -0.1) is 0 Å². The van der Waals surface area contributed by atoms with Crippen molar-refractivity contribution >= 4 is 48.9 Å². The van der Waals surface area contributed by atoms with Crippen molar-refractivity contribution in [3.05, 3.63) is 127 Å². The molecule has 0 aliphatic heterocycles. The Morgan fingerprint density at radius 2 is 1.05 bits per heavy atom. The van der Waals surface area contributed by atoms with Gasteiger partial charge in [0.1, 0.15) is 5.75 Å². The Hall–Kier alpha value is -4.95. The van der Waals surface area contributed by atoms with Crippen LogP contribution in [0.3, 0.4) is 0 Å². The Morgan fingerprint density at radius 3 is 1.74 bits per heavy atom. The number of ketones is 1. The highest BCUT2D eigenvalue weighted by Crippen LogP contribution is 2.43. The van der Waals surface area contributed by atoms with Crippen LogP contribution in [0.4, 0.5) is 0 Å². The molecule has 0 saturated heterocycles. The van der Waals surface area contributed by atoms with Crippen LogP contribution in [0.15, 0.2) is 121 Å². The number of carbonyl (C=O) groups excluding carboxylic acids is 1. The Balaban J connectivity index is 1.62. The molecule has 7 aromatic rings. The first kappa shape index (κ1) is 22.3. The predicted octanol–water partition coefficient (Wildman–Crippen LogP) is 9.54. The van der Waals surface area contributed by atoms with Crippen molar-refractivity contribution in [1.82, 2.24) is 0 Å². The molecule has 0 aliphatic carbocycles. The normalized spacial score (nSPS) is 11.5. The van der Waals surface area contributed by atoms with Gasteiger partial charge in [0.05, 0.1) is 5.56 Å². The Morgan fingerprint density at radius 1 is 0.500 bits per heavy atom. The fourth-order valence-electron chi connectivity index (χ4n) is 5.86. The topological polar surface area (TPSA) is 37.3 Å². The number of benzene rings is 7. The summed E-state index contributed by atoms with van der Waals surface area (Å²) in [7, 11) is 0. The maximum atomic E-state index is 12.2. The molecule has 0 spiro atoms. The molecule has 0 atom stereocenters. The number of carbonyl (C=O) groups is 1. The van der Waals surface area contributed by atoms with E-state index in [1.54, 1.807) is 12.1 Å². The van der Waals surface area contributed by atoms with Gasteiger partial charge >= 0.3 is 0 Å². The molecule has 2 nitrogen and oxygen atoms in total. The Kier molecular flexibility index (Phi) is 5.02. The summed E-state index contributed by atoms with van der Waals surface area (Å²) in [5, 5.41) is 19.7. The smallest absolute Gasteiger partial charge is 0.163 e. The van der Waals surface area contributed by atoms with E-state index in [9.17, 15) is 9.90 Å². The molecule has 180 valence electrons. The molecular formula is C36H24O2. The van der Waals surface area contributed by atoms with Gasteiger partial charge in [0.25, 0.3) is 0 Å². The number of hydrogen-bond donors (Lipinski definition) is 1. The highest BCUT2D eigenvalue weighted by atomic mass is 16.3. The van der Waals surface area contributed by atoms with Crippen LogP contribution in [0, 0.1) is 0 Å². The van der Waals surface area contributed by atoms with E-state index in [1.807, 2.05) is 6.07 Å². The van der Waals surface area contributed by atoms with Crippen LogP contribution >= 0.6 is 0 Å². The molecule has 0 heterocycles. The van der Waals surface area contributed by atoms with Crippen molar-refractivity contribution in [2.75, 3.05) is 0 Å². The monoisotopic (exact) mass is 488 g/mol. The first-order chi connectivity index (χ1) is 18.6. The third kappa shape index (κ3) is 3.38. The van der Waals surface area contributed by atoms with Gasteiger partial charge in [0.2, 0.25) is 0 Å². The molecule has 0 amide bonds. The van der Waals surface area contributed by atoms with Gasteiger partial charge in [-0.3, -0.25) is 4.79 Å². The average Bonchev–Trinajstić information content (AvgIpc) is 2.96. The van der Waals surface area contributed by atoms with Crippen molar-refractivity contribution in [2.45, 2.75) is 6.92 Å². The molecule has 0 fully saturated rings. The minimum Gasteiger partial charge on any atom is -0.507 e. The Labute approximate surface area is 220 Å². The van der Waals surface area contributed by atoms with E-state index >= 15 is 0 Å². The molecule has 0 saturated carbocycles. The van der Waals surface area contributed by atoms with Gasteiger partial charge in [-0.2, -0.15) is 0 Å². The number of fused-ring (bicyclic) bond motifs is 6. The van der Waals surface area contributed by atoms with Gasteiger partial charge in [-0.05, 0) is 96.5 Å². The second-order valence-corrected chi connectivity index (χ2v) is 9.85. The first-order valence-corrected chi connectivity index (χ1v) is 12.8. The minimum absolute atomic E-state index is 0.0107. The highest BCUT2D eigenvalue weighted by molar-refractivity contribution is 6.24. The predicted molar refractivity (Wildman–Crippen MR) is 159 cm³/mol.